The van der Waals surface area contributed by atoms with E-state index < -0.39 is 17.1 Å². The maximum Gasteiger partial charge on any atom is 0.272 e. The number of carbonyl (C=O) groups is 3. The molecule has 5 aromatic rings. The second-order valence-electron chi connectivity index (χ2n) is 10.7. The molecule has 0 aromatic heterocycles. The predicted molar refractivity (Wildman–Crippen MR) is 190 cm³/mol. The van der Waals surface area contributed by atoms with Gasteiger partial charge in [-0.05, 0) is 71.8 Å². The summed E-state index contributed by atoms with van der Waals surface area (Å²) in [6.07, 6.45) is 1.58. The quantitative estimate of drug-likeness (QED) is 0.102. The van der Waals surface area contributed by atoms with Gasteiger partial charge in [0.25, 0.3) is 11.8 Å². The van der Waals surface area contributed by atoms with Crippen LogP contribution in [0.3, 0.4) is 0 Å². The minimum atomic E-state index is -0.615. The Morgan fingerprint density at radius 2 is 1.40 bits per heavy atom. The highest BCUT2D eigenvalue weighted by Crippen LogP contribution is 2.38. The minimum Gasteiger partial charge on any atom is -0.486 e. The number of fused-ring (bicyclic) bond motifs is 1. The highest BCUT2D eigenvalue weighted by molar-refractivity contribution is 8.00. The molecule has 3 amide bonds. The Hall–Kier alpha value is -5.51. The molecule has 5 aromatic carbocycles. The topological polar surface area (TPSA) is 106 Å². The number of amides is 3. The lowest BCUT2D eigenvalue weighted by atomic mass is 10.1. The summed E-state index contributed by atoms with van der Waals surface area (Å²) in [4.78, 5) is 41.1. The van der Waals surface area contributed by atoms with E-state index in [1.165, 1.54) is 11.8 Å². The molecule has 1 unspecified atom stereocenters. The summed E-state index contributed by atoms with van der Waals surface area (Å²) in [6.45, 7) is 0.921. The van der Waals surface area contributed by atoms with Crippen molar-refractivity contribution in [2.24, 2.45) is 0 Å². The molecule has 10 heteroatoms. The standard InChI is InChI=1S/C38H30ClN3O5S/c39-28-16-14-25(15-17-28)22-32(42-36(43)27-10-5-2-6-11-27)37(44)40-29-12-7-13-31(23-29)48-35(26-8-3-1-4-9-26)38(45)41-30-18-19-33-34(24-30)47-21-20-46-33/h1-19,22-24,35H,20-21H2,(H,40,44)(H,41,45)(H,42,43)/b32-22-. The van der Waals surface area contributed by atoms with Crippen molar-refractivity contribution < 1.29 is 23.9 Å². The van der Waals surface area contributed by atoms with Gasteiger partial charge < -0.3 is 25.4 Å². The number of benzene rings is 5. The first kappa shape index (κ1) is 32.4. The van der Waals surface area contributed by atoms with Crippen LogP contribution in [0.15, 0.2) is 138 Å². The van der Waals surface area contributed by atoms with E-state index in [1.807, 2.05) is 42.5 Å². The van der Waals surface area contributed by atoms with Gasteiger partial charge in [-0.1, -0.05) is 78.3 Å². The lowest BCUT2D eigenvalue weighted by Gasteiger charge is -2.20. The van der Waals surface area contributed by atoms with Gasteiger partial charge in [-0.15, -0.1) is 11.8 Å². The third kappa shape index (κ3) is 8.44. The van der Waals surface area contributed by atoms with Gasteiger partial charge in [-0.2, -0.15) is 0 Å². The van der Waals surface area contributed by atoms with Crippen LogP contribution >= 0.6 is 23.4 Å². The monoisotopic (exact) mass is 675 g/mol. The molecular weight excluding hydrogens is 646 g/mol. The van der Waals surface area contributed by atoms with Crippen molar-refractivity contribution in [1.82, 2.24) is 5.32 Å². The number of halogens is 1. The lowest BCUT2D eigenvalue weighted by Crippen LogP contribution is -2.30. The molecule has 8 nitrogen and oxygen atoms in total. The highest BCUT2D eigenvalue weighted by atomic mass is 35.5. The molecule has 1 aliphatic heterocycles. The van der Waals surface area contributed by atoms with Gasteiger partial charge in [-0.25, -0.2) is 0 Å². The van der Waals surface area contributed by atoms with Gasteiger partial charge in [0.2, 0.25) is 5.91 Å². The fourth-order valence-electron chi connectivity index (χ4n) is 4.88. The summed E-state index contributed by atoms with van der Waals surface area (Å²) in [5, 5.41) is 8.58. The van der Waals surface area contributed by atoms with E-state index in [2.05, 4.69) is 16.0 Å². The Balaban J connectivity index is 1.21. The predicted octanol–water partition coefficient (Wildman–Crippen LogP) is 7.99. The van der Waals surface area contributed by atoms with E-state index >= 15 is 0 Å². The number of hydrogen-bond acceptors (Lipinski definition) is 6. The maximum atomic E-state index is 13.7. The minimum absolute atomic E-state index is 0.0465. The summed E-state index contributed by atoms with van der Waals surface area (Å²) in [6, 6.07) is 37.5. The van der Waals surface area contributed by atoms with Gasteiger partial charge in [0.05, 0.1) is 0 Å². The summed E-state index contributed by atoms with van der Waals surface area (Å²) in [5.41, 5.74) is 3.02. The van der Waals surface area contributed by atoms with Crippen LogP contribution in [0.2, 0.25) is 5.02 Å². The molecule has 0 radical (unpaired) electrons. The fourth-order valence-corrected chi connectivity index (χ4v) is 6.09. The Bertz CT molecular complexity index is 1950. The van der Waals surface area contributed by atoms with Crippen LogP contribution in [0.4, 0.5) is 11.4 Å². The Morgan fingerprint density at radius 3 is 2.15 bits per heavy atom. The summed E-state index contributed by atoms with van der Waals surface area (Å²) < 4.78 is 11.3. The number of nitrogens with one attached hydrogen (secondary N) is 3. The van der Waals surface area contributed by atoms with E-state index in [0.717, 1.165) is 10.5 Å². The molecule has 0 aliphatic carbocycles. The average molecular weight is 676 g/mol. The molecule has 0 saturated heterocycles. The van der Waals surface area contributed by atoms with E-state index in [1.54, 1.807) is 91.0 Å². The first-order valence-electron chi connectivity index (χ1n) is 15.1. The molecule has 6 rings (SSSR count). The van der Waals surface area contributed by atoms with Crippen LogP contribution in [0.1, 0.15) is 26.7 Å². The zero-order chi connectivity index (χ0) is 33.3. The first-order chi connectivity index (χ1) is 23.4. The van der Waals surface area contributed by atoms with Crippen molar-refractivity contribution in [1.29, 1.82) is 0 Å². The Labute approximate surface area is 287 Å². The van der Waals surface area contributed by atoms with Crippen molar-refractivity contribution in [2.45, 2.75) is 10.1 Å². The van der Waals surface area contributed by atoms with Crippen molar-refractivity contribution in [2.75, 3.05) is 23.8 Å². The van der Waals surface area contributed by atoms with E-state index in [4.69, 9.17) is 21.1 Å². The van der Waals surface area contributed by atoms with Crippen LogP contribution in [-0.2, 0) is 9.59 Å². The second-order valence-corrected chi connectivity index (χ2v) is 12.3. The molecule has 0 spiro atoms. The smallest absolute Gasteiger partial charge is 0.272 e. The molecule has 0 bridgehead atoms. The number of hydrogen-bond donors (Lipinski definition) is 3. The van der Waals surface area contributed by atoms with Crippen LogP contribution in [-0.4, -0.2) is 30.9 Å². The van der Waals surface area contributed by atoms with E-state index in [0.29, 0.717) is 52.2 Å². The largest absolute Gasteiger partial charge is 0.486 e. The normalized spacial score (nSPS) is 12.8. The second kappa shape index (κ2) is 15.4. The third-order valence-corrected chi connectivity index (χ3v) is 8.71. The molecule has 240 valence electrons. The van der Waals surface area contributed by atoms with Crippen molar-refractivity contribution in [3.05, 3.63) is 155 Å². The van der Waals surface area contributed by atoms with Gasteiger partial charge >= 0.3 is 0 Å². The highest BCUT2D eigenvalue weighted by Gasteiger charge is 2.24. The van der Waals surface area contributed by atoms with Crippen molar-refractivity contribution >= 4 is 58.5 Å². The number of ether oxygens (including phenoxy) is 2. The Morgan fingerprint density at radius 1 is 0.708 bits per heavy atom. The zero-order valence-corrected chi connectivity index (χ0v) is 27.1. The SMILES string of the molecule is O=C(Nc1cccc(SC(C(=O)Nc2ccc3c(c2)OCCO3)c2ccccc2)c1)/C(=C/c1ccc(Cl)cc1)NC(=O)c1ccccc1. The molecule has 3 N–H and O–H groups in total. The summed E-state index contributed by atoms with van der Waals surface area (Å²) in [7, 11) is 0. The van der Waals surface area contributed by atoms with Crippen molar-refractivity contribution in [3.63, 3.8) is 0 Å². The van der Waals surface area contributed by atoms with Crippen LogP contribution in [0.5, 0.6) is 11.5 Å². The van der Waals surface area contributed by atoms with Gasteiger partial charge in [0.1, 0.15) is 24.2 Å². The van der Waals surface area contributed by atoms with Crippen LogP contribution in [0, 0.1) is 0 Å². The maximum absolute atomic E-state index is 13.7. The van der Waals surface area contributed by atoms with Crippen LogP contribution in [0.25, 0.3) is 6.08 Å². The number of thioether (sulfide) groups is 1. The average Bonchev–Trinajstić information content (AvgIpc) is 3.12. The number of rotatable bonds is 10. The van der Waals surface area contributed by atoms with E-state index in [9.17, 15) is 14.4 Å². The van der Waals surface area contributed by atoms with Gasteiger partial charge in [-0.3, -0.25) is 14.4 Å². The summed E-state index contributed by atoms with van der Waals surface area (Å²) in [5.74, 6) is 0.0419. The molecule has 48 heavy (non-hydrogen) atoms. The molecule has 0 saturated carbocycles. The third-order valence-electron chi connectivity index (χ3n) is 7.21. The van der Waals surface area contributed by atoms with E-state index in [-0.39, 0.29) is 11.6 Å². The number of anilines is 2. The zero-order valence-electron chi connectivity index (χ0n) is 25.5. The molecule has 1 aliphatic rings. The molecule has 0 fully saturated rings. The fraction of sp³-hybridized carbons (Fsp3) is 0.0789. The molecule has 1 atom stereocenters. The molecular formula is C38H30ClN3O5S. The first-order valence-corrected chi connectivity index (χ1v) is 16.3. The van der Waals surface area contributed by atoms with Gasteiger partial charge in [0, 0.05) is 32.9 Å². The lowest BCUT2D eigenvalue weighted by molar-refractivity contribution is -0.116. The van der Waals surface area contributed by atoms with Crippen LogP contribution < -0.4 is 25.4 Å². The van der Waals surface area contributed by atoms with Gasteiger partial charge in [0.15, 0.2) is 11.5 Å². The summed E-state index contributed by atoms with van der Waals surface area (Å²) >= 11 is 7.39. The van der Waals surface area contributed by atoms with Crippen molar-refractivity contribution in [3.8, 4) is 11.5 Å². The Kier molecular flexibility index (Phi) is 10.4. The number of carbonyl (C=O) groups excluding carboxylic acids is 3. The molecule has 1 heterocycles.